The first-order chi connectivity index (χ1) is 38.8. The molecule has 1 radical (unpaired) electrons. The van der Waals surface area contributed by atoms with Crippen LogP contribution in [-0.4, -0.2) is 35.7 Å². The maximum absolute atomic E-state index is 8.69. The smallest absolute Gasteiger partial charge is 0.121 e. The molecule has 3 heterocycles. The summed E-state index contributed by atoms with van der Waals surface area (Å²) in [5, 5.41) is 8.69. The van der Waals surface area contributed by atoms with Crippen LogP contribution in [0.2, 0.25) is 39.3 Å². The average molecular weight is 1260 g/mol. The van der Waals surface area contributed by atoms with Crippen molar-refractivity contribution in [1.29, 1.82) is 0 Å². The fraction of sp³-hybridized carbons (Fsp3) is 0.236. The predicted molar refractivity (Wildman–Crippen MR) is 342 cm³/mol. The van der Waals surface area contributed by atoms with Crippen molar-refractivity contribution < 1.29 is 28.6 Å². The minimum atomic E-state index is -2.40. The molecule has 12 rings (SSSR count). The second kappa shape index (κ2) is 21.8. The number of aromatic nitrogens is 4. The molecule has 0 saturated heterocycles. The maximum Gasteiger partial charge on any atom is 0.121 e. The molecule has 0 saturated carbocycles. The van der Waals surface area contributed by atoms with Gasteiger partial charge in [-0.15, -0.1) is 53.6 Å². The Kier molecular flexibility index (Phi) is 14.2. The Labute approximate surface area is 493 Å². The van der Waals surface area contributed by atoms with Crippen molar-refractivity contribution in [1.82, 2.24) is 19.5 Å². The van der Waals surface area contributed by atoms with Crippen LogP contribution in [0.5, 0.6) is 0 Å². The van der Waals surface area contributed by atoms with Crippen LogP contribution in [0.15, 0.2) is 174 Å². The summed E-state index contributed by atoms with van der Waals surface area (Å²) < 4.78 is 35.3. The first kappa shape index (κ1) is 52.3. The van der Waals surface area contributed by atoms with Crippen LogP contribution in [0.4, 0.5) is 0 Å². The first-order valence-electron chi connectivity index (χ1n) is 29.3. The van der Waals surface area contributed by atoms with Gasteiger partial charge in [-0.2, -0.15) is 0 Å². The van der Waals surface area contributed by atoms with Gasteiger partial charge in [0, 0.05) is 52.6 Å². The Bertz CT molecular complexity index is 4330. The molecule has 0 atom stereocenters. The largest absolute Gasteiger partial charge is 0.501 e. The summed E-state index contributed by atoms with van der Waals surface area (Å²) in [6.45, 7) is 27.7. The van der Waals surface area contributed by atoms with E-state index < -0.39 is 23.0 Å². The van der Waals surface area contributed by atoms with Gasteiger partial charge < -0.3 is 8.98 Å². The Morgan fingerprint density at radius 3 is 1.85 bits per heavy atom. The van der Waals surface area contributed by atoms with E-state index in [4.69, 9.17) is 13.5 Å². The molecule has 0 spiro atoms. The normalized spacial score (nSPS) is 13.0. The van der Waals surface area contributed by atoms with Gasteiger partial charge in [0.25, 0.3) is 0 Å². The van der Waals surface area contributed by atoms with Gasteiger partial charge in [0.2, 0.25) is 0 Å². The molecule has 0 aliphatic rings. The van der Waals surface area contributed by atoms with Crippen LogP contribution in [0, 0.1) is 19.0 Å². The Morgan fingerprint density at radius 2 is 1.23 bits per heavy atom. The van der Waals surface area contributed by atoms with Crippen molar-refractivity contribution in [2.75, 3.05) is 0 Å². The van der Waals surface area contributed by atoms with Crippen LogP contribution in [0.1, 0.15) is 86.8 Å². The second-order valence-corrected chi connectivity index (χ2v) is 35.1. The Balaban J connectivity index is 0.000000390. The molecule has 0 bridgehead atoms. The number of imidazole rings is 1. The molecule has 5 nitrogen and oxygen atoms in total. The van der Waals surface area contributed by atoms with E-state index in [1.165, 1.54) is 43.8 Å². The molecule has 0 aliphatic heterocycles. The van der Waals surface area contributed by atoms with Crippen molar-refractivity contribution in [3.05, 3.63) is 205 Å². The van der Waals surface area contributed by atoms with Crippen molar-refractivity contribution in [2.45, 2.75) is 112 Å². The maximum atomic E-state index is 8.69. The molecule has 0 N–H and O–H groups in total. The summed E-state index contributed by atoms with van der Waals surface area (Å²) in [6.07, 6.45) is 1.81. The van der Waals surface area contributed by atoms with E-state index in [0.717, 1.165) is 60.7 Å². The number of hydrogen-bond acceptors (Lipinski definition) is 4. The zero-order valence-corrected chi connectivity index (χ0v) is 52.7. The van der Waals surface area contributed by atoms with Gasteiger partial charge in [0.15, 0.2) is 0 Å². The minimum absolute atomic E-state index is 0. The summed E-state index contributed by atoms with van der Waals surface area (Å²) in [5.74, 6) is 1.72. The van der Waals surface area contributed by atoms with Gasteiger partial charge in [-0.25, -0.2) is 0 Å². The van der Waals surface area contributed by atoms with Gasteiger partial charge in [-0.05, 0) is 109 Å². The van der Waals surface area contributed by atoms with E-state index >= 15 is 0 Å². The third-order valence-electron chi connectivity index (χ3n) is 15.4. The molecule has 80 heavy (non-hydrogen) atoms. The predicted octanol–water partition coefficient (Wildman–Crippen LogP) is 18.9. The number of furan rings is 1. The van der Waals surface area contributed by atoms with Gasteiger partial charge in [-0.1, -0.05) is 207 Å². The number of fused-ring (bicyclic) bond motifs is 7. The van der Waals surface area contributed by atoms with E-state index in [1.807, 2.05) is 60.8 Å². The molecule has 3 aromatic heterocycles. The molecule has 12 aromatic rings. The summed E-state index contributed by atoms with van der Waals surface area (Å²) in [7, 11) is -3.08. The fourth-order valence-corrected chi connectivity index (χ4v) is 13.3. The first-order valence-corrected chi connectivity index (χ1v) is 34.8. The summed E-state index contributed by atoms with van der Waals surface area (Å²) >= 11 is 0. The van der Waals surface area contributed by atoms with Gasteiger partial charge in [0.05, 0.1) is 44.4 Å². The zero-order valence-electron chi connectivity index (χ0n) is 51.4. The van der Waals surface area contributed by atoms with Crippen molar-refractivity contribution >= 4 is 81.0 Å². The standard InChI is InChI=1S/C58H57N2OSi2.C14H15N2.Ir/c1-35(2)48-31-43(39-23-21-38(22-24-39)42-28-44(62(6,7)8)33-45(29-42)63(9,10)11)32-49(36(3)4)56(48)60-53-19-15-14-18-52(53)59-58(60)47-27-20-37(5)55-51-30-41-26-25-40-16-12-13-17-46(40)50(41)34-54(51)61-57(47)55;1-14(2,3)12-9-10-15-13(16-12)11-7-5-4-6-8-11;/h12-26,28-36H,1-11H3;4-7,9-10H,1-3H3;/q2*-1;/i5D3;;. The van der Waals surface area contributed by atoms with E-state index in [-0.39, 0.29) is 42.9 Å². The molecule has 0 aliphatic carbocycles. The van der Waals surface area contributed by atoms with Gasteiger partial charge in [-0.3, -0.25) is 15.0 Å². The average Bonchev–Trinajstić information content (AvgIpc) is 1.97. The minimum Gasteiger partial charge on any atom is -0.501 e. The summed E-state index contributed by atoms with van der Waals surface area (Å²) in [6, 6.07) is 64.2. The molecule has 0 amide bonds. The molecule has 0 unspecified atom stereocenters. The molecule has 9 aromatic carbocycles. The number of hydrogen-bond donors (Lipinski definition) is 0. The summed E-state index contributed by atoms with van der Waals surface area (Å²) in [5.41, 5.74) is 14.2. The van der Waals surface area contributed by atoms with Crippen molar-refractivity contribution in [2.24, 2.45) is 0 Å². The third-order valence-corrected chi connectivity index (χ3v) is 19.5. The zero-order chi connectivity index (χ0) is 58.2. The monoisotopic (exact) mass is 1260 g/mol. The van der Waals surface area contributed by atoms with Gasteiger partial charge >= 0.3 is 0 Å². The van der Waals surface area contributed by atoms with Crippen LogP contribution in [-0.2, 0) is 25.5 Å². The quantitative estimate of drug-likeness (QED) is 0.0821. The number of benzene rings is 9. The number of nitrogens with zero attached hydrogens (tertiary/aromatic N) is 4. The molecule has 0 fully saturated rings. The number of rotatable bonds is 9. The van der Waals surface area contributed by atoms with Crippen LogP contribution in [0.3, 0.4) is 0 Å². The van der Waals surface area contributed by atoms with E-state index in [0.29, 0.717) is 27.9 Å². The molecule has 405 valence electrons. The van der Waals surface area contributed by atoms with Crippen LogP contribution >= 0.6 is 0 Å². The Morgan fingerprint density at radius 1 is 0.600 bits per heavy atom. The van der Waals surface area contributed by atoms with E-state index in [2.05, 4.69) is 218 Å². The Hall–Kier alpha value is -7.07. The summed E-state index contributed by atoms with van der Waals surface area (Å²) in [4.78, 5) is 14.2. The van der Waals surface area contributed by atoms with E-state index in [9.17, 15) is 0 Å². The van der Waals surface area contributed by atoms with Crippen LogP contribution in [0.25, 0.3) is 105 Å². The van der Waals surface area contributed by atoms with Crippen LogP contribution < -0.4 is 10.4 Å². The number of aryl methyl sites for hydroxylation is 1. The third kappa shape index (κ3) is 10.8. The van der Waals surface area contributed by atoms with Gasteiger partial charge in [0.1, 0.15) is 5.58 Å². The van der Waals surface area contributed by atoms with E-state index in [1.54, 1.807) is 6.07 Å². The molecule has 8 heteroatoms. The van der Waals surface area contributed by atoms with Crippen molar-refractivity contribution in [3.8, 4) is 50.7 Å². The SMILES string of the molecule is CC(C)(C)c1ccnc(-c2[c-]cccc2)n1.[2H]C([2H])([2H])c1c[c-]c(-c2nc3ccccc3n2-c2c(C(C)C)cc(-c3ccc(-c4cc([Si](C)(C)C)cc([Si](C)(C)C)c4)cc3)cc2C(C)C)c2oc3cc4c(ccc5ccccc54)cc3c12.[Ir]. The van der Waals surface area contributed by atoms with Crippen molar-refractivity contribution in [3.63, 3.8) is 0 Å². The molecular weight excluding hydrogens is 1190 g/mol. The number of para-hydroxylation sites is 2. The molecular formula is C72H72IrN4OSi2-2. The second-order valence-electron chi connectivity index (χ2n) is 25.0. The fourth-order valence-electron chi connectivity index (χ4n) is 10.8. The topological polar surface area (TPSA) is 56.7 Å².